The molecule has 3 heterocycles. The van der Waals surface area contributed by atoms with Crippen LogP contribution in [0, 0.1) is 6.92 Å². The number of likely N-dealkylation sites (tertiary alicyclic amines) is 1. The minimum absolute atomic E-state index is 0.108. The summed E-state index contributed by atoms with van der Waals surface area (Å²) in [7, 11) is 5.16. The molecule has 0 bridgehead atoms. The zero-order valence-electron chi connectivity index (χ0n) is 19.9. The molecule has 1 aromatic carbocycles. The van der Waals surface area contributed by atoms with Crippen LogP contribution in [0.1, 0.15) is 29.7 Å². The first kappa shape index (κ1) is 23.3. The number of urea groups is 1. The fourth-order valence-electron chi connectivity index (χ4n) is 4.87. The van der Waals surface area contributed by atoms with Gasteiger partial charge in [-0.2, -0.15) is 5.10 Å². The number of hydrogen-bond donors (Lipinski definition) is 0. The van der Waals surface area contributed by atoms with Gasteiger partial charge in [-0.1, -0.05) is 12.1 Å². The Hall–Kier alpha value is -2.91. The Labute approximate surface area is 194 Å². The summed E-state index contributed by atoms with van der Waals surface area (Å²) in [6.07, 6.45) is 3.12. The maximum atomic E-state index is 13.7. The summed E-state index contributed by atoms with van der Waals surface area (Å²) < 4.78 is 12.4. The van der Waals surface area contributed by atoms with Crippen LogP contribution in [-0.2, 0) is 29.7 Å². The van der Waals surface area contributed by atoms with E-state index in [-0.39, 0.29) is 18.5 Å². The number of ether oxygens (including phenoxy) is 2. The molecule has 2 fully saturated rings. The number of piperidine rings is 1. The predicted molar refractivity (Wildman–Crippen MR) is 123 cm³/mol. The third-order valence-corrected chi connectivity index (χ3v) is 7.03. The summed E-state index contributed by atoms with van der Waals surface area (Å²) in [5, 5.41) is 4.34. The molecule has 2 saturated heterocycles. The third kappa shape index (κ3) is 4.35. The lowest BCUT2D eigenvalue weighted by Crippen LogP contribution is -2.57. The van der Waals surface area contributed by atoms with Gasteiger partial charge in [-0.25, -0.2) is 4.79 Å². The van der Waals surface area contributed by atoms with Crippen LogP contribution in [0.15, 0.2) is 30.5 Å². The summed E-state index contributed by atoms with van der Waals surface area (Å²) in [5.41, 5.74) is 2.39. The predicted octanol–water partition coefficient (Wildman–Crippen LogP) is 2.18. The molecule has 4 rings (SSSR count). The van der Waals surface area contributed by atoms with Crippen molar-refractivity contribution in [3.63, 3.8) is 0 Å². The molecule has 2 aliphatic heterocycles. The Morgan fingerprint density at radius 1 is 1.12 bits per heavy atom. The van der Waals surface area contributed by atoms with E-state index < -0.39 is 5.54 Å². The highest BCUT2D eigenvalue weighted by molar-refractivity contribution is 6.07. The van der Waals surface area contributed by atoms with Gasteiger partial charge in [-0.3, -0.25) is 19.3 Å². The maximum Gasteiger partial charge on any atom is 0.328 e. The molecule has 33 heavy (non-hydrogen) atoms. The molecule has 2 aromatic rings. The van der Waals surface area contributed by atoms with E-state index in [4.69, 9.17) is 9.47 Å². The van der Waals surface area contributed by atoms with E-state index in [9.17, 15) is 9.59 Å². The van der Waals surface area contributed by atoms with E-state index in [1.165, 1.54) is 10.5 Å². The van der Waals surface area contributed by atoms with Crippen molar-refractivity contribution in [2.45, 2.75) is 38.4 Å². The van der Waals surface area contributed by atoms with Crippen molar-refractivity contribution in [2.24, 2.45) is 7.05 Å². The number of aromatic nitrogens is 2. The monoisotopic (exact) mass is 455 g/mol. The number of carbonyl (C=O) groups is 2. The molecule has 0 radical (unpaired) electrons. The molecule has 3 amide bonds. The molecule has 1 aromatic heterocycles. The first-order valence-electron chi connectivity index (χ1n) is 11.3. The lowest BCUT2D eigenvalue weighted by molar-refractivity contribution is -0.136. The first-order chi connectivity index (χ1) is 15.9. The third-order valence-electron chi connectivity index (χ3n) is 7.03. The van der Waals surface area contributed by atoms with E-state index in [1.807, 2.05) is 42.2 Å². The molecule has 9 nitrogen and oxygen atoms in total. The normalized spacial score (nSPS) is 18.5. The number of methoxy groups -OCH3 is 2. The molecule has 9 heteroatoms. The van der Waals surface area contributed by atoms with Crippen LogP contribution < -0.4 is 4.74 Å². The van der Waals surface area contributed by atoms with Crippen molar-refractivity contribution in [2.75, 3.05) is 40.5 Å². The number of nitrogens with zero attached hydrogens (tertiary/aromatic N) is 5. The van der Waals surface area contributed by atoms with Gasteiger partial charge in [-0.05, 0) is 37.5 Å². The topological polar surface area (TPSA) is 80.1 Å². The number of imide groups is 1. The van der Waals surface area contributed by atoms with Crippen LogP contribution in [0.3, 0.4) is 0 Å². The Morgan fingerprint density at radius 3 is 2.52 bits per heavy atom. The van der Waals surface area contributed by atoms with Crippen molar-refractivity contribution in [1.29, 1.82) is 0 Å². The van der Waals surface area contributed by atoms with Crippen molar-refractivity contribution in [1.82, 2.24) is 24.5 Å². The van der Waals surface area contributed by atoms with Crippen molar-refractivity contribution >= 4 is 11.9 Å². The van der Waals surface area contributed by atoms with Crippen LogP contribution in [0.2, 0.25) is 0 Å². The highest BCUT2D eigenvalue weighted by Gasteiger charge is 2.57. The molecule has 178 valence electrons. The molecular formula is C24H33N5O4. The number of amides is 3. The summed E-state index contributed by atoms with van der Waals surface area (Å²) in [5.74, 6) is 0.597. The largest absolute Gasteiger partial charge is 0.497 e. The molecule has 0 unspecified atom stereocenters. The minimum Gasteiger partial charge on any atom is -0.497 e. The Kier molecular flexibility index (Phi) is 6.71. The maximum absolute atomic E-state index is 13.7. The van der Waals surface area contributed by atoms with E-state index in [0.29, 0.717) is 31.7 Å². The molecule has 2 aliphatic rings. The number of hydrogen-bond acceptors (Lipinski definition) is 6. The van der Waals surface area contributed by atoms with Gasteiger partial charge < -0.3 is 14.4 Å². The second-order valence-corrected chi connectivity index (χ2v) is 8.86. The summed E-state index contributed by atoms with van der Waals surface area (Å²) in [4.78, 5) is 32.6. The SMILES string of the molecule is COCCN1C(=O)N(Cc2cccc(OC)c2)C(=O)C12CCN(Cc1cnn(C)c1C)CC2. The molecule has 0 aliphatic carbocycles. The number of carbonyl (C=O) groups excluding carboxylic acids is 2. The van der Waals surface area contributed by atoms with Gasteiger partial charge in [0, 0.05) is 51.6 Å². The van der Waals surface area contributed by atoms with E-state index in [2.05, 4.69) is 16.9 Å². The van der Waals surface area contributed by atoms with Crippen LogP contribution >= 0.6 is 0 Å². The zero-order chi connectivity index (χ0) is 23.6. The van der Waals surface area contributed by atoms with E-state index in [0.717, 1.165) is 30.9 Å². The van der Waals surface area contributed by atoms with E-state index >= 15 is 0 Å². The van der Waals surface area contributed by atoms with Gasteiger partial charge in [0.1, 0.15) is 11.3 Å². The standard InChI is InChI=1S/C24H33N5O4/c1-18-20(15-25-26(18)2)17-27-10-8-24(9-11-27)22(30)28(23(31)29(24)12-13-32-3)16-19-6-5-7-21(14-19)33-4/h5-7,14-15H,8-13,16-17H2,1-4H3. The van der Waals surface area contributed by atoms with Crippen molar-refractivity contribution < 1.29 is 19.1 Å². The second kappa shape index (κ2) is 9.52. The Balaban J connectivity index is 1.52. The van der Waals surface area contributed by atoms with Gasteiger partial charge in [0.25, 0.3) is 5.91 Å². The average Bonchev–Trinajstić information content (AvgIpc) is 3.23. The fourth-order valence-corrected chi connectivity index (χ4v) is 4.87. The van der Waals surface area contributed by atoms with E-state index in [1.54, 1.807) is 19.1 Å². The van der Waals surface area contributed by atoms with Crippen LogP contribution in [0.5, 0.6) is 5.75 Å². The van der Waals surface area contributed by atoms with Gasteiger partial charge in [0.2, 0.25) is 0 Å². The summed E-state index contributed by atoms with van der Waals surface area (Å²) in [6, 6.07) is 7.26. The molecular weight excluding hydrogens is 422 g/mol. The van der Waals surface area contributed by atoms with Gasteiger partial charge >= 0.3 is 6.03 Å². The summed E-state index contributed by atoms with van der Waals surface area (Å²) >= 11 is 0. The zero-order valence-corrected chi connectivity index (χ0v) is 19.9. The van der Waals surface area contributed by atoms with Crippen LogP contribution in [0.4, 0.5) is 4.79 Å². The molecule has 1 spiro atoms. The van der Waals surface area contributed by atoms with Gasteiger partial charge in [0.15, 0.2) is 0 Å². The molecule has 0 atom stereocenters. The lowest BCUT2D eigenvalue weighted by Gasteiger charge is -2.42. The highest BCUT2D eigenvalue weighted by atomic mass is 16.5. The number of aryl methyl sites for hydroxylation is 1. The first-order valence-corrected chi connectivity index (χ1v) is 11.3. The lowest BCUT2D eigenvalue weighted by atomic mass is 9.85. The quantitative estimate of drug-likeness (QED) is 0.568. The number of benzene rings is 1. The molecule has 0 saturated carbocycles. The smallest absolute Gasteiger partial charge is 0.328 e. The second-order valence-electron chi connectivity index (χ2n) is 8.86. The van der Waals surface area contributed by atoms with Crippen molar-refractivity contribution in [3.8, 4) is 5.75 Å². The number of rotatable bonds is 8. The Bertz CT molecular complexity index is 1010. The van der Waals surface area contributed by atoms with Crippen LogP contribution in [-0.4, -0.2) is 82.4 Å². The average molecular weight is 456 g/mol. The van der Waals surface area contributed by atoms with Crippen molar-refractivity contribution in [3.05, 3.63) is 47.3 Å². The minimum atomic E-state index is -0.811. The fraction of sp³-hybridized carbons (Fsp3) is 0.542. The van der Waals surface area contributed by atoms with Gasteiger partial charge in [-0.15, -0.1) is 0 Å². The highest BCUT2D eigenvalue weighted by Crippen LogP contribution is 2.38. The Morgan fingerprint density at radius 2 is 1.88 bits per heavy atom. The van der Waals surface area contributed by atoms with Crippen LogP contribution in [0.25, 0.3) is 0 Å². The van der Waals surface area contributed by atoms with Gasteiger partial charge in [0.05, 0.1) is 26.5 Å². The summed E-state index contributed by atoms with van der Waals surface area (Å²) in [6.45, 7) is 5.37. The molecule has 0 N–H and O–H groups in total.